The van der Waals surface area contributed by atoms with E-state index in [1.165, 1.54) is 6.07 Å². The molecular weight excluding hydrogens is 311 g/mol. The van der Waals surface area contributed by atoms with Crippen LogP contribution in [0, 0.1) is 5.82 Å². The minimum atomic E-state index is -0.151. The number of hydrogen-bond acceptors (Lipinski definition) is 5. The number of anilines is 1. The third kappa shape index (κ3) is 4.45. The molecule has 0 saturated carbocycles. The van der Waals surface area contributed by atoms with Gasteiger partial charge in [-0.3, -0.25) is 0 Å². The van der Waals surface area contributed by atoms with Gasteiger partial charge in [-0.25, -0.2) is 4.39 Å². The van der Waals surface area contributed by atoms with Crippen molar-refractivity contribution in [2.45, 2.75) is 37.5 Å². The van der Waals surface area contributed by atoms with Gasteiger partial charge in [0.1, 0.15) is 5.82 Å². The first-order valence-corrected chi connectivity index (χ1v) is 8.83. The Kier molecular flexibility index (Phi) is 6.43. The third-order valence-corrected chi connectivity index (χ3v) is 4.85. The van der Waals surface area contributed by atoms with Gasteiger partial charge in [-0.2, -0.15) is 0 Å². The smallest absolute Gasteiger partial charge is 0.146 e. The molecule has 24 heavy (non-hydrogen) atoms. The number of para-hydroxylation sites is 1. The van der Waals surface area contributed by atoms with Crippen molar-refractivity contribution < 1.29 is 19.0 Å². The zero-order valence-corrected chi connectivity index (χ0v) is 14.0. The van der Waals surface area contributed by atoms with Crippen LogP contribution in [0.3, 0.4) is 0 Å². The molecule has 0 aliphatic carbocycles. The van der Waals surface area contributed by atoms with Crippen LogP contribution in [0.1, 0.15) is 19.3 Å². The Morgan fingerprint density at radius 2 is 2.04 bits per heavy atom. The molecule has 134 valence electrons. The summed E-state index contributed by atoms with van der Waals surface area (Å²) >= 11 is 0. The maximum atomic E-state index is 13.9. The van der Waals surface area contributed by atoms with Crippen LogP contribution < -0.4 is 10.2 Å². The lowest BCUT2D eigenvalue weighted by Crippen LogP contribution is -2.54. The molecular formula is C18H27FN2O3. The van der Waals surface area contributed by atoms with Crippen LogP contribution in [0.15, 0.2) is 24.3 Å². The third-order valence-electron chi connectivity index (χ3n) is 4.85. The SMILES string of the molecule is OCCO[C@H]1CCOC[C@H]1NC1CCN(c2ccccc2F)CC1. The monoisotopic (exact) mass is 338 g/mol. The summed E-state index contributed by atoms with van der Waals surface area (Å²) in [5.74, 6) is -0.151. The minimum Gasteiger partial charge on any atom is -0.394 e. The van der Waals surface area contributed by atoms with Crippen molar-refractivity contribution in [3.05, 3.63) is 30.1 Å². The zero-order valence-electron chi connectivity index (χ0n) is 14.0. The molecule has 0 aromatic heterocycles. The Bertz CT molecular complexity index is 509. The summed E-state index contributed by atoms with van der Waals surface area (Å²) in [5, 5.41) is 12.6. The van der Waals surface area contributed by atoms with Crippen LogP contribution in [-0.2, 0) is 9.47 Å². The number of aliphatic hydroxyl groups excluding tert-OH is 1. The highest BCUT2D eigenvalue weighted by Gasteiger charge is 2.30. The topological polar surface area (TPSA) is 54.0 Å². The number of piperidine rings is 1. The molecule has 6 heteroatoms. The maximum absolute atomic E-state index is 13.9. The summed E-state index contributed by atoms with van der Waals surface area (Å²) in [4.78, 5) is 2.12. The van der Waals surface area contributed by atoms with Crippen LogP contribution in [0.5, 0.6) is 0 Å². The average Bonchev–Trinajstić information content (AvgIpc) is 2.62. The first kappa shape index (κ1) is 17.6. The Morgan fingerprint density at radius 3 is 2.79 bits per heavy atom. The average molecular weight is 338 g/mol. The van der Waals surface area contributed by atoms with E-state index in [2.05, 4.69) is 10.2 Å². The van der Waals surface area contributed by atoms with E-state index in [1.807, 2.05) is 12.1 Å². The van der Waals surface area contributed by atoms with Gasteiger partial charge in [-0.1, -0.05) is 12.1 Å². The Labute approximate surface area is 142 Å². The standard InChI is InChI=1S/C18H27FN2O3/c19-15-3-1-2-4-17(15)21-8-5-14(6-9-21)20-16-13-23-11-7-18(16)24-12-10-22/h1-4,14,16,18,20,22H,5-13H2/t16-,18+/m1/s1. The van der Waals surface area contributed by atoms with Crippen LogP contribution in [0.25, 0.3) is 0 Å². The molecule has 0 bridgehead atoms. The second-order valence-electron chi connectivity index (χ2n) is 6.48. The van der Waals surface area contributed by atoms with Crippen LogP contribution in [0.2, 0.25) is 0 Å². The van der Waals surface area contributed by atoms with Gasteiger partial charge in [0.15, 0.2) is 0 Å². The fraction of sp³-hybridized carbons (Fsp3) is 0.667. The zero-order chi connectivity index (χ0) is 16.8. The fourth-order valence-corrected chi connectivity index (χ4v) is 3.58. The second kappa shape index (κ2) is 8.76. The molecule has 1 aromatic carbocycles. The highest BCUT2D eigenvalue weighted by atomic mass is 19.1. The van der Waals surface area contributed by atoms with Crippen molar-refractivity contribution in [1.82, 2.24) is 5.32 Å². The van der Waals surface area contributed by atoms with Gasteiger partial charge in [-0.05, 0) is 31.4 Å². The van der Waals surface area contributed by atoms with E-state index in [0.717, 1.165) is 32.4 Å². The normalized spacial score (nSPS) is 25.8. The summed E-state index contributed by atoms with van der Waals surface area (Å²) < 4.78 is 25.2. The molecule has 0 amide bonds. The summed E-state index contributed by atoms with van der Waals surface area (Å²) in [7, 11) is 0. The lowest BCUT2D eigenvalue weighted by molar-refractivity contribution is -0.0662. The number of nitrogens with zero attached hydrogens (tertiary/aromatic N) is 1. The molecule has 0 spiro atoms. The summed E-state index contributed by atoms with van der Waals surface area (Å²) in [6.07, 6.45) is 2.89. The lowest BCUT2D eigenvalue weighted by Gasteiger charge is -2.39. The molecule has 2 fully saturated rings. The molecule has 2 N–H and O–H groups in total. The predicted molar refractivity (Wildman–Crippen MR) is 90.8 cm³/mol. The van der Waals surface area contributed by atoms with Crippen molar-refractivity contribution in [1.29, 1.82) is 0 Å². The summed E-state index contributed by atoms with van der Waals surface area (Å²) in [6, 6.07) is 7.52. The van der Waals surface area contributed by atoms with E-state index in [1.54, 1.807) is 6.07 Å². The van der Waals surface area contributed by atoms with Crippen molar-refractivity contribution >= 4 is 5.69 Å². The molecule has 0 unspecified atom stereocenters. The van der Waals surface area contributed by atoms with Crippen molar-refractivity contribution in [3.8, 4) is 0 Å². The summed E-state index contributed by atoms with van der Waals surface area (Å²) in [6.45, 7) is 3.45. The molecule has 2 atom stereocenters. The highest BCUT2D eigenvalue weighted by molar-refractivity contribution is 5.47. The van der Waals surface area contributed by atoms with E-state index in [9.17, 15) is 4.39 Å². The molecule has 0 radical (unpaired) electrons. The van der Waals surface area contributed by atoms with Gasteiger partial charge in [-0.15, -0.1) is 0 Å². The predicted octanol–water partition coefficient (Wildman–Crippen LogP) is 1.55. The molecule has 2 saturated heterocycles. The van der Waals surface area contributed by atoms with Gasteiger partial charge >= 0.3 is 0 Å². The molecule has 2 heterocycles. The number of nitrogens with one attached hydrogen (secondary N) is 1. The molecule has 3 rings (SSSR count). The van der Waals surface area contributed by atoms with E-state index in [0.29, 0.717) is 31.5 Å². The van der Waals surface area contributed by atoms with E-state index >= 15 is 0 Å². The molecule has 2 aliphatic heterocycles. The Morgan fingerprint density at radius 1 is 1.25 bits per heavy atom. The van der Waals surface area contributed by atoms with E-state index in [-0.39, 0.29) is 24.6 Å². The molecule has 1 aromatic rings. The second-order valence-corrected chi connectivity index (χ2v) is 6.48. The summed E-state index contributed by atoms with van der Waals surface area (Å²) in [5.41, 5.74) is 0.695. The largest absolute Gasteiger partial charge is 0.394 e. The van der Waals surface area contributed by atoms with Gasteiger partial charge in [0.05, 0.1) is 37.7 Å². The van der Waals surface area contributed by atoms with Crippen LogP contribution in [-0.4, -0.2) is 62.8 Å². The minimum absolute atomic E-state index is 0.0467. The van der Waals surface area contributed by atoms with Gasteiger partial charge in [0.2, 0.25) is 0 Å². The molecule has 2 aliphatic rings. The van der Waals surface area contributed by atoms with Gasteiger partial charge in [0, 0.05) is 25.7 Å². The van der Waals surface area contributed by atoms with Gasteiger partial charge < -0.3 is 24.8 Å². The fourth-order valence-electron chi connectivity index (χ4n) is 3.58. The first-order chi connectivity index (χ1) is 11.8. The van der Waals surface area contributed by atoms with E-state index in [4.69, 9.17) is 14.6 Å². The van der Waals surface area contributed by atoms with E-state index < -0.39 is 0 Å². The van der Waals surface area contributed by atoms with Crippen molar-refractivity contribution in [2.24, 2.45) is 0 Å². The van der Waals surface area contributed by atoms with Crippen molar-refractivity contribution in [3.63, 3.8) is 0 Å². The Balaban J connectivity index is 1.50. The number of aliphatic hydroxyl groups is 1. The number of rotatable bonds is 6. The molecule has 5 nitrogen and oxygen atoms in total. The van der Waals surface area contributed by atoms with Gasteiger partial charge in [0.25, 0.3) is 0 Å². The quantitative estimate of drug-likeness (QED) is 0.824. The maximum Gasteiger partial charge on any atom is 0.146 e. The number of ether oxygens (including phenoxy) is 2. The number of benzene rings is 1. The number of halogens is 1. The lowest BCUT2D eigenvalue weighted by atomic mass is 10.00. The first-order valence-electron chi connectivity index (χ1n) is 8.83. The van der Waals surface area contributed by atoms with Crippen molar-refractivity contribution in [2.75, 3.05) is 44.4 Å². The number of hydrogen-bond donors (Lipinski definition) is 2. The van der Waals surface area contributed by atoms with Crippen LogP contribution in [0.4, 0.5) is 10.1 Å². The Hall–Kier alpha value is -1.21. The highest BCUT2D eigenvalue weighted by Crippen LogP contribution is 2.23. The van der Waals surface area contributed by atoms with Crippen LogP contribution >= 0.6 is 0 Å².